The highest BCUT2D eigenvalue weighted by molar-refractivity contribution is 5.85. The average molecular weight is 253 g/mol. The van der Waals surface area contributed by atoms with Crippen molar-refractivity contribution in [3.8, 4) is 0 Å². The number of alkyl halides is 3. The third kappa shape index (κ3) is 3.10. The molecular formula is C10H14F3NO3. The van der Waals surface area contributed by atoms with Gasteiger partial charge in [0.2, 0.25) is 5.91 Å². The number of nitrogens with zero attached hydrogens (tertiary/aromatic N) is 1. The lowest BCUT2D eigenvalue weighted by Gasteiger charge is -2.35. The van der Waals surface area contributed by atoms with E-state index in [0.717, 1.165) is 11.8 Å². The molecule has 1 rings (SSSR count). The summed E-state index contributed by atoms with van der Waals surface area (Å²) in [6.07, 6.45) is -3.26. The fourth-order valence-corrected chi connectivity index (χ4v) is 1.84. The summed E-state index contributed by atoms with van der Waals surface area (Å²) in [6, 6.07) is -1.12. The van der Waals surface area contributed by atoms with Crippen molar-refractivity contribution in [1.29, 1.82) is 0 Å². The number of carboxylic acids is 1. The maximum absolute atomic E-state index is 12.4. The summed E-state index contributed by atoms with van der Waals surface area (Å²) in [5.74, 6) is -4.54. The van der Waals surface area contributed by atoms with Gasteiger partial charge in [0.15, 0.2) is 0 Å². The Morgan fingerprint density at radius 2 is 1.94 bits per heavy atom. The first kappa shape index (κ1) is 13.8. The van der Waals surface area contributed by atoms with Gasteiger partial charge in [-0.25, -0.2) is 4.79 Å². The molecule has 1 aliphatic rings. The summed E-state index contributed by atoms with van der Waals surface area (Å²) in [6.45, 7) is 0.839. The van der Waals surface area contributed by atoms with Crippen molar-refractivity contribution in [1.82, 2.24) is 4.90 Å². The van der Waals surface area contributed by atoms with Crippen molar-refractivity contribution in [3.05, 3.63) is 0 Å². The molecule has 4 nitrogen and oxygen atoms in total. The zero-order valence-corrected chi connectivity index (χ0v) is 9.33. The fraction of sp³-hybridized carbons (Fsp3) is 0.800. The van der Waals surface area contributed by atoms with Crippen molar-refractivity contribution < 1.29 is 27.9 Å². The van der Waals surface area contributed by atoms with Crippen LogP contribution in [-0.2, 0) is 9.59 Å². The molecule has 0 bridgehead atoms. The van der Waals surface area contributed by atoms with Gasteiger partial charge >= 0.3 is 12.1 Å². The van der Waals surface area contributed by atoms with E-state index >= 15 is 0 Å². The van der Waals surface area contributed by atoms with Gasteiger partial charge in [0.25, 0.3) is 0 Å². The Balaban J connectivity index is 2.82. The number of hydrogen-bond acceptors (Lipinski definition) is 2. The van der Waals surface area contributed by atoms with E-state index in [2.05, 4.69) is 0 Å². The summed E-state index contributed by atoms with van der Waals surface area (Å²) in [5, 5.41) is 8.87. The van der Waals surface area contributed by atoms with Crippen molar-refractivity contribution >= 4 is 11.9 Å². The monoisotopic (exact) mass is 253 g/mol. The van der Waals surface area contributed by atoms with Gasteiger partial charge in [-0.2, -0.15) is 13.2 Å². The lowest BCUT2D eigenvalue weighted by molar-refractivity contribution is -0.189. The van der Waals surface area contributed by atoms with Crippen LogP contribution >= 0.6 is 0 Å². The van der Waals surface area contributed by atoms with Crippen molar-refractivity contribution in [2.24, 2.45) is 5.92 Å². The lowest BCUT2D eigenvalue weighted by atomic mass is 9.99. The van der Waals surface area contributed by atoms with Gasteiger partial charge in [-0.15, -0.1) is 0 Å². The number of carbonyl (C=O) groups excluding carboxylic acids is 1. The minimum absolute atomic E-state index is 0.0796. The highest BCUT2D eigenvalue weighted by Crippen LogP contribution is 2.29. The maximum atomic E-state index is 12.4. The zero-order valence-electron chi connectivity index (χ0n) is 9.33. The Bertz CT molecular complexity index is 316. The molecule has 98 valence electrons. The van der Waals surface area contributed by atoms with Gasteiger partial charge in [-0.05, 0) is 26.2 Å². The van der Waals surface area contributed by atoms with Crippen molar-refractivity contribution in [2.45, 2.75) is 38.4 Å². The summed E-state index contributed by atoms with van der Waals surface area (Å²) >= 11 is 0. The number of carboxylic acid groups (broad SMARTS) is 1. The van der Waals surface area contributed by atoms with E-state index in [1.54, 1.807) is 0 Å². The smallest absolute Gasteiger partial charge is 0.400 e. The van der Waals surface area contributed by atoms with Crippen LogP contribution in [0, 0.1) is 5.92 Å². The maximum Gasteiger partial charge on any atom is 0.400 e. The van der Waals surface area contributed by atoms with E-state index < -0.39 is 30.0 Å². The van der Waals surface area contributed by atoms with Gasteiger partial charge in [0, 0.05) is 6.54 Å². The van der Waals surface area contributed by atoms with E-state index in [-0.39, 0.29) is 13.0 Å². The Kier molecular flexibility index (Phi) is 4.00. The molecule has 1 aliphatic heterocycles. The molecule has 1 saturated heterocycles. The van der Waals surface area contributed by atoms with Gasteiger partial charge < -0.3 is 10.0 Å². The van der Waals surface area contributed by atoms with Crippen molar-refractivity contribution in [2.75, 3.05) is 6.54 Å². The number of aliphatic carboxylic acids is 1. The van der Waals surface area contributed by atoms with Gasteiger partial charge in [0.05, 0.1) is 0 Å². The first-order valence-electron chi connectivity index (χ1n) is 5.35. The molecule has 7 heteroatoms. The molecule has 0 radical (unpaired) electrons. The highest BCUT2D eigenvalue weighted by atomic mass is 19.4. The first-order chi connectivity index (χ1) is 7.75. The highest BCUT2D eigenvalue weighted by Gasteiger charge is 2.45. The van der Waals surface area contributed by atoms with Crippen LogP contribution in [0.4, 0.5) is 13.2 Å². The first-order valence-corrected chi connectivity index (χ1v) is 5.35. The van der Waals surface area contributed by atoms with Crippen LogP contribution in [0.25, 0.3) is 0 Å². The molecule has 17 heavy (non-hydrogen) atoms. The van der Waals surface area contributed by atoms with E-state index in [1.807, 2.05) is 0 Å². The lowest BCUT2D eigenvalue weighted by Crippen LogP contribution is -2.51. The molecule has 2 atom stereocenters. The number of likely N-dealkylation sites (tertiary alicyclic amines) is 1. The van der Waals surface area contributed by atoms with E-state index in [4.69, 9.17) is 5.11 Å². The number of rotatable bonds is 2. The molecule has 0 aromatic heterocycles. The van der Waals surface area contributed by atoms with Crippen LogP contribution < -0.4 is 0 Å². The van der Waals surface area contributed by atoms with Crippen molar-refractivity contribution in [3.63, 3.8) is 0 Å². The summed E-state index contributed by atoms with van der Waals surface area (Å²) in [4.78, 5) is 23.3. The molecule has 1 N–H and O–H groups in total. The second-order valence-electron chi connectivity index (χ2n) is 4.14. The van der Waals surface area contributed by atoms with Gasteiger partial charge in [-0.3, -0.25) is 4.79 Å². The molecule has 1 heterocycles. The molecule has 2 unspecified atom stereocenters. The van der Waals surface area contributed by atoms with E-state index in [1.165, 1.54) is 0 Å². The predicted octanol–water partition coefficient (Wildman–Crippen LogP) is 1.65. The largest absolute Gasteiger partial charge is 0.480 e. The van der Waals surface area contributed by atoms with Gasteiger partial charge in [-0.1, -0.05) is 0 Å². The molecule has 0 aliphatic carbocycles. The topological polar surface area (TPSA) is 57.6 Å². The Labute approximate surface area is 96.4 Å². The third-order valence-electron chi connectivity index (χ3n) is 2.93. The summed E-state index contributed by atoms with van der Waals surface area (Å²) < 4.78 is 37.2. The molecule has 1 amide bonds. The molecule has 0 spiro atoms. The Morgan fingerprint density at radius 3 is 2.41 bits per heavy atom. The standard InChI is InChI=1S/C10H14F3NO3/c1-6(10(11,12)13)8(15)14-5-3-2-4-7(14)9(16)17/h6-7H,2-5H2,1H3,(H,16,17). The Morgan fingerprint density at radius 1 is 1.35 bits per heavy atom. The molecule has 0 aromatic rings. The molecular weight excluding hydrogens is 239 g/mol. The molecule has 1 fully saturated rings. The second kappa shape index (κ2) is 4.93. The van der Waals surface area contributed by atoms with Crippen LogP contribution in [0.3, 0.4) is 0 Å². The van der Waals surface area contributed by atoms with E-state index in [9.17, 15) is 22.8 Å². The second-order valence-corrected chi connectivity index (χ2v) is 4.14. The van der Waals surface area contributed by atoms with Crippen LogP contribution in [-0.4, -0.2) is 40.6 Å². The minimum Gasteiger partial charge on any atom is -0.480 e. The van der Waals surface area contributed by atoms with Crippen LogP contribution in [0.1, 0.15) is 26.2 Å². The predicted molar refractivity (Wildman–Crippen MR) is 52.2 cm³/mol. The number of amides is 1. The molecule has 0 aromatic carbocycles. The van der Waals surface area contributed by atoms with E-state index in [0.29, 0.717) is 12.8 Å². The minimum atomic E-state index is -4.63. The molecule has 0 saturated carbocycles. The number of hydrogen-bond donors (Lipinski definition) is 1. The zero-order chi connectivity index (χ0) is 13.2. The van der Waals surface area contributed by atoms with Crippen LogP contribution in [0.5, 0.6) is 0 Å². The van der Waals surface area contributed by atoms with Crippen LogP contribution in [0.2, 0.25) is 0 Å². The number of piperidine rings is 1. The normalized spacial score (nSPS) is 23.3. The quantitative estimate of drug-likeness (QED) is 0.814. The van der Waals surface area contributed by atoms with Gasteiger partial charge in [0.1, 0.15) is 12.0 Å². The summed E-state index contributed by atoms with van der Waals surface area (Å²) in [5.41, 5.74) is 0. The Hall–Kier alpha value is -1.27. The third-order valence-corrected chi connectivity index (χ3v) is 2.93. The number of carbonyl (C=O) groups is 2. The summed E-state index contributed by atoms with van der Waals surface area (Å²) in [7, 11) is 0. The van der Waals surface area contributed by atoms with Crippen LogP contribution in [0.15, 0.2) is 0 Å². The average Bonchev–Trinajstić information content (AvgIpc) is 2.25. The number of halogens is 3. The fourth-order valence-electron chi connectivity index (χ4n) is 1.84. The SMILES string of the molecule is CC(C(=O)N1CCCCC1C(=O)O)C(F)(F)F.